The summed E-state index contributed by atoms with van der Waals surface area (Å²) in [5.41, 5.74) is 3.32. The first-order chi connectivity index (χ1) is 17.0. The number of hydrogen-bond acceptors (Lipinski definition) is 4. The van der Waals surface area contributed by atoms with Crippen molar-refractivity contribution in [1.29, 1.82) is 0 Å². The summed E-state index contributed by atoms with van der Waals surface area (Å²) in [4.78, 5) is 43.4. The summed E-state index contributed by atoms with van der Waals surface area (Å²) >= 11 is 0. The van der Waals surface area contributed by atoms with Crippen molar-refractivity contribution in [1.82, 2.24) is 24.9 Å². The molecule has 8 nitrogen and oxygen atoms in total. The Kier molecular flexibility index (Phi) is 6.62. The van der Waals surface area contributed by atoms with Gasteiger partial charge in [-0.15, -0.1) is 0 Å². The molecule has 8 heteroatoms. The van der Waals surface area contributed by atoms with Crippen molar-refractivity contribution >= 4 is 17.7 Å². The van der Waals surface area contributed by atoms with Gasteiger partial charge in [0.2, 0.25) is 11.8 Å². The number of likely N-dealkylation sites (tertiary alicyclic amines) is 1. The lowest BCUT2D eigenvalue weighted by atomic mass is 9.93. The van der Waals surface area contributed by atoms with Crippen LogP contribution in [0.15, 0.2) is 30.3 Å². The number of nitrogens with zero attached hydrogens (tertiary/aromatic N) is 4. The Morgan fingerprint density at radius 3 is 2.57 bits per heavy atom. The molecule has 0 radical (unpaired) electrons. The number of nitrogens with one attached hydrogen (secondary N) is 1. The minimum Gasteiger partial charge on any atom is -0.353 e. The fraction of sp³-hybridized carbons (Fsp3) is 0.556. The van der Waals surface area contributed by atoms with Crippen LogP contribution in [0.4, 0.5) is 0 Å². The quantitative estimate of drug-likeness (QED) is 0.693. The Labute approximate surface area is 206 Å². The SMILES string of the molecule is CC[C@@H](C(=O)N1CCc2c(c(C(=O)N3CCC[C@H](C(=O)NC4CC4)C3)nn2C)C1)c1ccccc1. The highest BCUT2D eigenvalue weighted by molar-refractivity contribution is 5.95. The maximum atomic E-state index is 13.6. The number of carbonyl (C=O) groups excluding carboxylic acids is 3. The third-order valence-corrected chi connectivity index (χ3v) is 7.67. The number of aryl methyl sites for hydroxylation is 1. The molecule has 2 fully saturated rings. The van der Waals surface area contributed by atoms with Gasteiger partial charge in [0, 0.05) is 56.9 Å². The molecule has 1 aliphatic carbocycles. The van der Waals surface area contributed by atoms with Gasteiger partial charge in [-0.05, 0) is 37.7 Å². The van der Waals surface area contributed by atoms with Crippen LogP contribution in [0, 0.1) is 5.92 Å². The molecule has 0 bridgehead atoms. The molecule has 3 amide bonds. The molecule has 186 valence electrons. The van der Waals surface area contributed by atoms with Crippen molar-refractivity contribution in [2.24, 2.45) is 13.0 Å². The molecular formula is C27H35N5O3. The van der Waals surface area contributed by atoms with Crippen LogP contribution in [0.25, 0.3) is 0 Å². The normalized spacial score (nSPS) is 20.8. The van der Waals surface area contributed by atoms with E-state index in [4.69, 9.17) is 0 Å². The predicted octanol–water partition coefficient (Wildman–Crippen LogP) is 2.63. The minimum absolute atomic E-state index is 0.0661. The fourth-order valence-corrected chi connectivity index (χ4v) is 5.48. The molecular weight excluding hydrogens is 442 g/mol. The Balaban J connectivity index is 1.32. The van der Waals surface area contributed by atoms with Crippen molar-refractivity contribution in [2.45, 2.75) is 64.0 Å². The van der Waals surface area contributed by atoms with E-state index in [1.165, 1.54) is 0 Å². The van der Waals surface area contributed by atoms with Gasteiger partial charge in [0.1, 0.15) is 0 Å². The molecule has 0 spiro atoms. The number of rotatable bonds is 6. The standard InChI is InChI=1S/C27H35N5O3/c1-3-21(18-8-5-4-6-9-18)26(34)32-15-13-23-22(17-32)24(29-30(23)2)27(35)31-14-7-10-19(16-31)25(33)28-20-11-12-20/h4-6,8-9,19-21H,3,7,10-17H2,1-2H3,(H,28,33)/t19-,21+/m0/s1. The fourth-order valence-electron chi connectivity index (χ4n) is 5.48. The van der Waals surface area contributed by atoms with Gasteiger partial charge in [-0.3, -0.25) is 19.1 Å². The zero-order valence-corrected chi connectivity index (χ0v) is 20.7. The molecule has 2 atom stereocenters. The summed E-state index contributed by atoms with van der Waals surface area (Å²) in [6.45, 7) is 4.11. The zero-order chi connectivity index (χ0) is 24.5. The first kappa shape index (κ1) is 23.6. The van der Waals surface area contributed by atoms with E-state index in [0.29, 0.717) is 44.3 Å². The van der Waals surface area contributed by atoms with Crippen LogP contribution in [0.3, 0.4) is 0 Å². The topological polar surface area (TPSA) is 87.5 Å². The van der Waals surface area contributed by atoms with E-state index in [-0.39, 0.29) is 29.6 Å². The molecule has 35 heavy (non-hydrogen) atoms. The summed E-state index contributed by atoms with van der Waals surface area (Å²) in [6.07, 6.45) is 5.13. The number of carbonyl (C=O) groups is 3. The number of fused-ring (bicyclic) bond motifs is 1. The lowest BCUT2D eigenvalue weighted by molar-refractivity contribution is -0.134. The van der Waals surface area contributed by atoms with Gasteiger partial charge in [-0.1, -0.05) is 37.3 Å². The smallest absolute Gasteiger partial charge is 0.274 e. The summed E-state index contributed by atoms with van der Waals surface area (Å²) in [6, 6.07) is 10.2. The van der Waals surface area contributed by atoms with Gasteiger partial charge < -0.3 is 15.1 Å². The number of hydrogen-bond donors (Lipinski definition) is 1. The summed E-state index contributed by atoms with van der Waals surface area (Å²) in [5, 5.41) is 7.68. The van der Waals surface area contributed by atoms with Crippen LogP contribution in [-0.2, 0) is 29.6 Å². The van der Waals surface area contributed by atoms with Gasteiger partial charge >= 0.3 is 0 Å². The third kappa shape index (κ3) is 4.83. The second-order valence-electron chi connectivity index (χ2n) is 10.2. The first-order valence-electron chi connectivity index (χ1n) is 12.9. The van der Waals surface area contributed by atoms with Crippen molar-refractivity contribution in [2.75, 3.05) is 19.6 Å². The van der Waals surface area contributed by atoms with Gasteiger partial charge in [0.05, 0.1) is 11.8 Å². The number of benzene rings is 1. The van der Waals surface area contributed by atoms with Crippen LogP contribution < -0.4 is 5.32 Å². The molecule has 5 rings (SSSR count). The average Bonchev–Trinajstić information content (AvgIpc) is 3.65. The van der Waals surface area contributed by atoms with E-state index in [2.05, 4.69) is 10.4 Å². The van der Waals surface area contributed by atoms with Crippen LogP contribution in [0.1, 0.15) is 72.3 Å². The number of aromatic nitrogens is 2. The molecule has 0 unspecified atom stereocenters. The van der Waals surface area contributed by atoms with Crippen LogP contribution in [-0.4, -0.2) is 63.0 Å². The Hall–Kier alpha value is -3.16. The Morgan fingerprint density at radius 1 is 1.09 bits per heavy atom. The van der Waals surface area contributed by atoms with Gasteiger partial charge in [-0.2, -0.15) is 5.10 Å². The second-order valence-corrected chi connectivity index (χ2v) is 10.2. The highest BCUT2D eigenvalue weighted by Gasteiger charge is 2.36. The van der Waals surface area contributed by atoms with Gasteiger partial charge in [0.15, 0.2) is 5.69 Å². The minimum atomic E-state index is -0.193. The predicted molar refractivity (Wildman–Crippen MR) is 132 cm³/mol. The molecule has 1 saturated heterocycles. The average molecular weight is 478 g/mol. The second kappa shape index (κ2) is 9.84. The zero-order valence-electron chi connectivity index (χ0n) is 20.7. The largest absolute Gasteiger partial charge is 0.353 e. The molecule has 3 aliphatic rings. The molecule has 2 aromatic rings. The summed E-state index contributed by atoms with van der Waals surface area (Å²) in [5.74, 6) is -0.323. The Bertz CT molecular complexity index is 1110. The van der Waals surface area contributed by atoms with Crippen molar-refractivity contribution in [3.05, 3.63) is 52.8 Å². The van der Waals surface area contributed by atoms with Crippen molar-refractivity contribution in [3.8, 4) is 0 Å². The molecule has 2 aliphatic heterocycles. The van der Waals surface area contributed by atoms with Gasteiger partial charge in [0.25, 0.3) is 5.91 Å². The molecule has 3 heterocycles. The summed E-state index contributed by atoms with van der Waals surface area (Å²) < 4.78 is 1.79. The van der Waals surface area contributed by atoms with Crippen molar-refractivity contribution < 1.29 is 14.4 Å². The highest BCUT2D eigenvalue weighted by atomic mass is 16.2. The van der Waals surface area contributed by atoms with E-state index in [1.807, 2.05) is 49.2 Å². The van der Waals surface area contributed by atoms with E-state index in [9.17, 15) is 14.4 Å². The Morgan fingerprint density at radius 2 is 1.86 bits per heavy atom. The van der Waals surface area contributed by atoms with Crippen LogP contribution in [0.2, 0.25) is 0 Å². The van der Waals surface area contributed by atoms with Crippen molar-refractivity contribution in [3.63, 3.8) is 0 Å². The monoisotopic (exact) mass is 477 g/mol. The molecule has 1 N–H and O–H groups in total. The van der Waals surface area contributed by atoms with E-state index in [0.717, 1.165) is 48.9 Å². The maximum absolute atomic E-state index is 13.6. The van der Waals surface area contributed by atoms with E-state index >= 15 is 0 Å². The maximum Gasteiger partial charge on any atom is 0.274 e. The van der Waals surface area contributed by atoms with Crippen LogP contribution in [0.5, 0.6) is 0 Å². The lowest BCUT2D eigenvalue weighted by Crippen LogP contribution is -2.46. The third-order valence-electron chi connectivity index (χ3n) is 7.67. The lowest BCUT2D eigenvalue weighted by Gasteiger charge is -2.33. The number of piperidine rings is 1. The molecule has 1 saturated carbocycles. The first-order valence-corrected chi connectivity index (χ1v) is 12.9. The van der Waals surface area contributed by atoms with E-state index < -0.39 is 0 Å². The van der Waals surface area contributed by atoms with E-state index in [1.54, 1.807) is 9.58 Å². The molecule has 1 aromatic carbocycles. The molecule has 1 aromatic heterocycles. The highest BCUT2D eigenvalue weighted by Crippen LogP contribution is 2.29. The van der Waals surface area contributed by atoms with Crippen LogP contribution >= 0.6 is 0 Å². The summed E-state index contributed by atoms with van der Waals surface area (Å²) in [7, 11) is 1.87. The number of amides is 3. The van der Waals surface area contributed by atoms with Gasteiger partial charge in [-0.25, -0.2) is 0 Å².